The number of nitrogens with zero attached hydrogens (tertiary/aromatic N) is 1. The zero-order valence-electron chi connectivity index (χ0n) is 15.7. The van der Waals surface area contributed by atoms with Gasteiger partial charge in [0.1, 0.15) is 5.41 Å². The van der Waals surface area contributed by atoms with Crippen LogP contribution in [0.1, 0.15) is 39.5 Å². The van der Waals surface area contributed by atoms with Crippen LogP contribution in [-0.2, 0) is 28.7 Å². The summed E-state index contributed by atoms with van der Waals surface area (Å²) in [5, 5.41) is 9.14. The SMILES string of the molecule is C#CCN1C(=C)[C@@](CCC(=O)OCC)(C(=O)OCC)C[C@H](CC(=O)O)C1=O. The molecule has 0 aromatic carbocycles. The van der Waals surface area contributed by atoms with E-state index in [1.807, 2.05) is 0 Å². The maximum Gasteiger partial charge on any atom is 0.318 e. The lowest BCUT2D eigenvalue weighted by Crippen LogP contribution is -2.53. The number of carboxylic acid groups (broad SMARTS) is 1. The van der Waals surface area contributed by atoms with Crippen molar-refractivity contribution in [1.29, 1.82) is 0 Å². The Morgan fingerprint density at radius 2 is 1.96 bits per heavy atom. The van der Waals surface area contributed by atoms with Gasteiger partial charge in [0.25, 0.3) is 0 Å². The van der Waals surface area contributed by atoms with Gasteiger partial charge in [0.2, 0.25) is 5.91 Å². The minimum absolute atomic E-state index is 0.0199. The maximum atomic E-state index is 12.8. The molecule has 0 spiro atoms. The Labute approximate surface area is 158 Å². The minimum Gasteiger partial charge on any atom is -0.481 e. The van der Waals surface area contributed by atoms with Gasteiger partial charge < -0.3 is 19.5 Å². The van der Waals surface area contributed by atoms with Crippen LogP contribution >= 0.6 is 0 Å². The zero-order chi connectivity index (χ0) is 20.6. The molecule has 148 valence electrons. The Bertz CT molecular complexity index is 663. The molecule has 0 saturated carbocycles. The third kappa shape index (κ3) is 5.09. The first kappa shape index (κ1) is 22.2. The highest BCUT2D eigenvalue weighted by Gasteiger charge is 2.53. The van der Waals surface area contributed by atoms with Crippen molar-refractivity contribution in [3.05, 3.63) is 12.3 Å². The second-order valence-corrected chi connectivity index (χ2v) is 6.18. The van der Waals surface area contributed by atoms with Crippen molar-refractivity contribution in [3.8, 4) is 12.3 Å². The summed E-state index contributed by atoms with van der Waals surface area (Å²) < 4.78 is 10.1. The molecule has 8 nitrogen and oxygen atoms in total. The number of carbonyl (C=O) groups excluding carboxylic acids is 3. The molecule has 1 rings (SSSR count). The Morgan fingerprint density at radius 1 is 1.33 bits per heavy atom. The number of likely N-dealkylation sites (tertiary alicyclic amines) is 1. The second-order valence-electron chi connectivity index (χ2n) is 6.18. The van der Waals surface area contributed by atoms with E-state index in [2.05, 4.69) is 12.5 Å². The molecule has 0 unspecified atom stereocenters. The first-order valence-electron chi connectivity index (χ1n) is 8.72. The van der Waals surface area contributed by atoms with Crippen molar-refractivity contribution < 1.29 is 33.8 Å². The summed E-state index contributed by atoms with van der Waals surface area (Å²) in [5.74, 6) is -1.51. The minimum atomic E-state index is -1.42. The fourth-order valence-corrected chi connectivity index (χ4v) is 3.24. The number of amides is 1. The van der Waals surface area contributed by atoms with Crippen LogP contribution in [0.5, 0.6) is 0 Å². The molecule has 2 atom stereocenters. The van der Waals surface area contributed by atoms with E-state index in [1.165, 1.54) is 0 Å². The van der Waals surface area contributed by atoms with Gasteiger partial charge in [-0.3, -0.25) is 19.2 Å². The highest BCUT2D eigenvalue weighted by Crippen LogP contribution is 2.46. The summed E-state index contributed by atoms with van der Waals surface area (Å²) in [6, 6.07) is 0. The van der Waals surface area contributed by atoms with E-state index < -0.39 is 41.6 Å². The Kier molecular flexibility index (Phi) is 8.03. The fourth-order valence-electron chi connectivity index (χ4n) is 3.24. The summed E-state index contributed by atoms with van der Waals surface area (Å²) in [6.45, 7) is 7.27. The number of piperidine rings is 1. The van der Waals surface area contributed by atoms with Gasteiger partial charge in [0, 0.05) is 12.1 Å². The molecule has 0 aromatic heterocycles. The summed E-state index contributed by atoms with van der Waals surface area (Å²) in [5.41, 5.74) is -1.30. The first-order valence-corrected chi connectivity index (χ1v) is 8.72. The Morgan fingerprint density at radius 3 is 2.48 bits per heavy atom. The molecule has 27 heavy (non-hydrogen) atoms. The number of carbonyl (C=O) groups is 4. The van der Waals surface area contributed by atoms with E-state index >= 15 is 0 Å². The number of carboxylic acids is 1. The number of rotatable bonds is 9. The molecule has 1 N–H and O–H groups in total. The van der Waals surface area contributed by atoms with Gasteiger partial charge >= 0.3 is 17.9 Å². The van der Waals surface area contributed by atoms with Gasteiger partial charge in [-0.2, -0.15) is 0 Å². The largest absolute Gasteiger partial charge is 0.481 e. The molecule has 1 saturated heterocycles. The van der Waals surface area contributed by atoms with Crippen molar-refractivity contribution in [1.82, 2.24) is 4.90 Å². The van der Waals surface area contributed by atoms with Crippen molar-refractivity contribution >= 4 is 23.8 Å². The maximum absolute atomic E-state index is 12.8. The predicted molar refractivity (Wildman–Crippen MR) is 95.0 cm³/mol. The number of hydrogen-bond donors (Lipinski definition) is 1. The van der Waals surface area contributed by atoms with E-state index in [0.717, 1.165) is 4.90 Å². The average Bonchev–Trinajstić information content (AvgIpc) is 2.60. The van der Waals surface area contributed by atoms with E-state index in [-0.39, 0.29) is 44.7 Å². The number of terminal acetylenes is 1. The van der Waals surface area contributed by atoms with Crippen molar-refractivity contribution in [3.63, 3.8) is 0 Å². The van der Waals surface area contributed by atoms with Crippen molar-refractivity contribution in [2.24, 2.45) is 11.3 Å². The number of hydrogen-bond acceptors (Lipinski definition) is 6. The number of ether oxygens (including phenoxy) is 2. The molecule has 1 heterocycles. The van der Waals surface area contributed by atoms with Gasteiger partial charge in [0.15, 0.2) is 0 Å². The molecule has 0 aromatic rings. The van der Waals surface area contributed by atoms with E-state index in [1.54, 1.807) is 13.8 Å². The van der Waals surface area contributed by atoms with Gasteiger partial charge in [0.05, 0.1) is 32.1 Å². The normalized spacial score (nSPS) is 22.1. The molecule has 8 heteroatoms. The highest BCUT2D eigenvalue weighted by molar-refractivity contribution is 5.91. The quantitative estimate of drug-likeness (QED) is 0.475. The van der Waals surface area contributed by atoms with Crippen molar-refractivity contribution in [2.45, 2.75) is 39.5 Å². The summed E-state index contributed by atoms with van der Waals surface area (Å²) in [4.78, 5) is 49.6. The monoisotopic (exact) mass is 379 g/mol. The van der Waals surface area contributed by atoms with Crippen LogP contribution < -0.4 is 0 Å². The topological polar surface area (TPSA) is 110 Å². The van der Waals surface area contributed by atoms with E-state index in [9.17, 15) is 19.2 Å². The Balaban J connectivity index is 3.32. The summed E-state index contributed by atoms with van der Waals surface area (Å²) in [6.07, 6.45) is 4.62. The van der Waals surface area contributed by atoms with Gasteiger partial charge in [-0.25, -0.2) is 0 Å². The van der Waals surface area contributed by atoms with E-state index in [0.29, 0.717) is 0 Å². The molecule has 1 fully saturated rings. The van der Waals surface area contributed by atoms with Gasteiger partial charge in [-0.1, -0.05) is 12.5 Å². The summed E-state index contributed by atoms with van der Waals surface area (Å²) in [7, 11) is 0. The predicted octanol–water partition coefficient (Wildman–Crippen LogP) is 1.35. The lowest BCUT2D eigenvalue weighted by Gasteiger charge is -2.45. The lowest BCUT2D eigenvalue weighted by atomic mass is 9.69. The highest BCUT2D eigenvalue weighted by atomic mass is 16.5. The molecule has 0 radical (unpaired) electrons. The number of aliphatic carboxylic acids is 1. The standard InChI is InChI=1S/C19H25NO7/c1-5-10-20-13(4)19(18(25)27-7-3,9-8-16(23)26-6-2)12-14(17(20)24)11-15(21)22/h1,14H,4,6-12H2,2-3H3,(H,21,22)/t14-,19-/m0/s1. The lowest BCUT2D eigenvalue weighted by molar-refractivity contribution is -0.163. The Hall–Kier alpha value is -2.82. The molecular weight excluding hydrogens is 354 g/mol. The van der Waals surface area contributed by atoms with E-state index in [4.69, 9.17) is 21.0 Å². The molecule has 1 aliphatic rings. The van der Waals surface area contributed by atoms with Crippen LogP contribution in [0.25, 0.3) is 0 Å². The average molecular weight is 379 g/mol. The van der Waals surface area contributed by atoms with Crippen LogP contribution in [-0.4, -0.2) is 53.6 Å². The summed E-state index contributed by atoms with van der Waals surface area (Å²) >= 11 is 0. The van der Waals surface area contributed by atoms with Crippen LogP contribution in [0.2, 0.25) is 0 Å². The smallest absolute Gasteiger partial charge is 0.318 e. The van der Waals surface area contributed by atoms with Gasteiger partial charge in [-0.05, 0) is 26.7 Å². The molecular formula is C19H25NO7. The molecule has 1 amide bonds. The molecule has 0 bridgehead atoms. The van der Waals surface area contributed by atoms with Crippen molar-refractivity contribution in [2.75, 3.05) is 19.8 Å². The zero-order valence-corrected chi connectivity index (χ0v) is 15.7. The van der Waals surface area contributed by atoms with Gasteiger partial charge in [-0.15, -0.1) is 6.42 Å². The van der Waals surface area contributed by atoms with Crippen LogP contribution in [0.3, 0.4) is 0 Å². The third-order valence-electron chi connectivity index (χ3n) is 4.49. The molecule has 1 aliphatic heterocycles. The molecule has 0 aliphatic carbocycles. The fraction of sp³-hybridized carbons (Fsp3) is 0.579. The van der Waals surface area contributed by atoms with Crippen LogP contribution in [0, 0.1) is 23.7 Å². The number of esters is 2. The third-order valence-corrected chi connectivity index (χ3v) is 4.49. The first-order chi connectivity index (χ1) is 12.7. The van der Waals surface area contributed by atoms with Crippen LogP contribution in [0.15, 0.2) is 12.3 Å². The van der Waals surface area contributed by atoms with Crippen LogP contribution in [0.4, 0.5) is 0 Å². The second kappa shape index (κ2) is 9.76.